The van der Waals surface area contributed by atoms with Crippen LogP contribution in [0.4, 0.5) is 0 Å². The molecule has 0 bridgehead atoms. The van der Waals surface area contributed by atoms with E-state index in [0.717, 1.165) is 0 Å². The summed E-state index contributed by atoms with van der Waals surface area (Å²) < 4.78 is 15.2. The molecule has 0 saturated carbocycles. The van der Waals surface area contributed by atoms with Crippen LogP contribution >= 0.6 is 0 Å². The van der Waals surface area contributed by atoms with Gasteiger partial charge in [0.1, 0.15) is 5.92 Å². The van der Waals surface area contributed by atoms with Crippen molar-refractivity contribution >= 4 is 23.6 Å². The van der Waals surface area contributed by atoms with E-state index in [4.69, 9.17) is 14.2 Å². The lowest BCUT2D eigenvalue weighted by Crippen LogP contribution is -2.36. The van der Waals surface area contributed by atoms with Gasteiger partial charge in [-0.1, -0.05) is 12.1 Å². The summed E-state index contributed by atoms with van der Waals surface area (Å²) in [5, 5.41) is 0. The fourth-order valence-electron chi connectivity index (χ4n) is 3.35. The number of allylic oxidation sites excluding steroid dienone is 1. The molecule has 7 nitrogen and oxygen atoms in total. The van der Waals surface area contributed by atoms with Crippen LogP contribution in [0.1, 0.15) is 49.5 Å². The average molecular weight is 387 g/mol. The van der Waals surface area contributed by atoms with Crippen LogP contribution in [0.15, 0.2) is 40.5 Å². The van der Waals surface area contributed by atoms with Gasteiger partial charge < -0.3 is 14.2 Å². The number of benzene rings is 1. The lowest BCUT2D eigenvalue weighted by atomic mass is 9.75. The summed E-state index contributed by atoms with van der Waals surface area (Å²) in [6, 6.07) is 6.60. The summed E-state index contributed by atoms with van der Waals surface area (Å²) in [6.45, 7) is 7.31. The Hall–Kier alpha value is -2.96. The number of methoxy groups -OCH3 is 1. The van der Waals surface area contributed by atoms with Crippen molar-refractivity contribution in [2.75, 3.05) is 20.3 Å². The van der Waals surface area contributed by atoms with Gasteiger partial charge in [0.25, 0.3) is 0 Å². The number of esters is 3. The summed E-state index contributed by atoms with van der Waals surface area (Å²) in [5.74, 6) is -2.82. The normalized spacial score (nSPS) is 19.0. The Kier molecular flexibility index (Phi) is 7.09. The van der Waals surface area contributed by atoms with Gasteiger partial charge in [0.05, 0.1) is 31.5 Å². The second-order valence-electron chi connectivity index (χ2n) is 6.29. The molecule has 0 fully saturated rings. The van der Waals surface area contributed by atoms with Crippen LogP contribution in [-0.4, -0.2) is 43.9 Å². The van der Waals surface area contributed by atoms with Gasteiger partial charge in [-0.2, -0.15) is 0 Å². The molecule has 0 N–H and O–H groups in total. The summed E-state index contributed by atoms with van der Waals surface area (Å²) in [5.41, 5.74) is 2.43. The topological polar surface area (TPSA) is 91.3 Å². The molecule has 0 aromatic heterocycles. The fraction of sp³-hybridized carbons (Fsp3) is 0.429. The molecule has 2 atom stereocenters. The maximum Gasteiger partial charge on any atom is 0.337 e. The van der Waals surface area contributed by atoms with E-state index in [0.29, 0.717) is 28.1 Å². The highest BCUT2D eigenvalue weighted by Crippen LogP contribution is 2.40. The third-order valence-electron chi connectivity index (χ3n) is 4.56. The number of ether oxygens (including phenoxy) is 3. The maximum atomic E-state index is 12.7. The number of rotatable bonds is 6. The number of carbonyl (C=O) groups excluding carboxylic acids is 3. The molecule has 0 saturated heterocycles. The van der Waals surface area contributed by atoms with Gasteiger partial charge in [-0.3, -0.25) is 9.79 Å². The predicted molar refractivity (Wildman–Crippen MR) is 103 cm³/mol. The van der Waals surface area contributed by atoms with Gasteiger partial charge >= 0.3 is 17.9 Å². The van der Waals surface area contributed by atoms with Crippen LogP contribution in [0.5, 0.6) is 0 Å². The van der Waals surface area contributed by atoms with E-state index < -0.39 is 29.7 Å². The first-order valence-electron chi connectivity index (χ1n) is 9.13. The standard InChI is InChI=1S/C21H25NO6/c1-6-27-20(24)16-12(3)22-13(4)17(21(25)28-7-2)18(16)14-8-10-15(11-9-14)19(23)26-5/h8-11,16,18H,6-7H2,1-5H3/t16?,18-/m1/s1. The van der Waals surface area contributed by atoms with Gasteiger partial charge in [-0.15, -0.1) is 0 Å². The van der Waals surface area contributed by atoms with Crippen molar-refractivity contribution in [3.63, 3.8) is 0 Å². The second kappa shape index (κ2) is 9.30. The zero-order chi connectivity index (χ0) is 20.8. The minimum absolute atomic E-state index is 0.205. The molecular formula is C21H25NO6. The molecule has 150 valence electrons. The zero-order valence-corrected chi connectivity index (χ0v) is 16.8. The number of hydrogen-bond donors (Lipinski definition) is 0. The molecule has 1 aliphatic heterocycles. The zero-order valence-electron chi connectivity index (χ0n) is 16.8. The Morgan fingerprint density at radius 2 is 1.57 bits per heavy atom. The Labute approximate surface area is 164 Å². The molecule has 0 amide bonds. The summed E-state index contributed by atoms with van der Waals surface area (Å²) in [6.07, 6.45) is 0. The molecule has 1 heterocycles. The van der Waals surface area contributed by atoms with Crippen molar-refractivity contribution in [3.05, 3.63) is 46.7 Å². The van der Waals surface area contributed by atoms with Crippen molar-refractivity contribution in [1.82, 2.24) is 0 Å². The second-order valence-corrected chi connectivity index (χ2v) is 6.29. The molecule has 2 rings (SSSR count). The Balaban J connectivity index is 2.59. The van der Waals surface area contributed by atoms with Crippen LogP contribution in [0, 0.1) is 5.92 Å². The Morgan fingerprint density at radius 3 is 2.11 bits per heavy atom. The molecule has 0 radical (unpaired) electrons. The van der Waals surface area contributed by atoms with Crippen molar-refractivity contribution < 1.29 is 28.6 Å². The molecule has 7 heteroatoms. The van der Waals surface area contributed by atoms with Crippen molar-refractivity contribution in [1.29, 1.82) is 0 Å². The minimum Gasteiger partial charge on any atom is -0.465 e. The Bertz CT molecular complexity index is 822. The lowest BCUT2D eigenvalue weighted by Gasteiger charge is -2.31. The van der Waals surface area contributed by atoms with Gasteiger partial charge in [0.15, 0.2) is 0 Å². The molecule has 28 heavy (non-hydrogen) atoms. The summed E-state index contributed by atoms with van der Waals surface area (Å²) >= 11 is 0. The van der Waals surface area contributed by atoms with E-state index >= 15 is 0 Å². The average Bonchev–Trinajstić information content (AvgIpc) is 2.67. The van der Waals surface area contributed by atoms with Crippen molar-refractivity contribution in [2.45, 2.75) is 33.6 Å². The van der Waals surface area contributed by atoms with E-state index in [1.54, 1.807) is 52.0 Å². The number of aliphatic imine (C=N–C) groups is 1. The molecule has 1 aliphatic rings. The molecule has 1 unspecified atom stereocenters. The van der Waals surface area contributed by atoms with Crippen LogP contribution in [0.2, 0.25) is 0 Å². The number of carbonyl (C=O) groups is 3. The third-order valence-corrected chi connectivity index (χ3v) is 4.56. The first-order valence-corrected chi connectivity index (χ1v) is 9.13. The quantitative estimate of drug-likeness (QED) is 0.550. The molecule has 1 aromatic rings. The van der Waals surface area contributed by atoms with Crippen molar-refractivity contribution in [2.24, 2.45) is 10.9 Å². The van der Waals surface area contributed by atoms with E-state index in [9.17, 15) is 14.4 Å². The fourth-order valence-corrected chi connectivity index (χ4v) is 3.35. The highest BCUT2D eigenvalue weighted by molar-refractivity contribution is 6.07. The largest absolute Gasteiger partial charge is 0.465 e. The monoisotopic (exact) mass is 387 g/mol. The number of hydrogen-bond acceptors (Lipinski definition) is 7. The summed E-state index contributed by atoms with van der Waals surface area (Å²) in [7, 11) is 1.30. The maximum absolute atomic E-state index is 12.7. The molecule has 0 aliphatic carbocycles. The van der Waals surface area contributed by atoms with Gasteiger partial charge in [-0.05, 0) is 45.4 Å². The van der Waals surface area contributed by atoms with Crippen LogP contribution in [0.3, 0.4) is 0 Å². The van der Waals surface area contributed by atoms with Gasteiger partial charge in [0, 0.05) is 17.3 Å². The summed E-state index contributed by atoms with van der Waals surface area (Å²) in [4.78, 5) is 41.5. The van der Waals surface area contributed by atoms with E-state index in [1.165, 1.54) is 7.11 Å². The van der Waals surface area contributed by atoms with E-state index in [-0.39, 0.29) is 13.2 Å². The van der Waals surface area contributed by atoms with Crippen molar-refractivity contribution in [3.8, 4) is 0 Å². The first kappa shape index (κ1) is 21.3. The highest BCUT2D eigenvalue weighted by atomic mass is 16.5. The Morgan fingerprint density at radius 1 is 0.964 bits per heavy atom. The SMILES string of the molecule is CCOC(=O)C1=C(C)N=C(C)C(C(=O)OCC)[C@H]1c1ccc(C(=O)OC)cc1. The van der Waals surface area contributed by atoms with Crippen LogP contribution in [0.25, 0.3) is 0 Å². The predicted octanol–water partition coefficient (Wildman–Crippen LogP) is 3.05. The molecule has 0 spiro atoms. The van der Waals surface area contributed by atoms with Crippen LogP contribution in [-0.2, 0) is 23.8 Å². The third kappa shape index (κ3) is 4.30. The van der Waals surface area contributed by atoms with E-state index in [2.05, 4.69) is 4.99 Å². The molecular weight excluding hydrogens is 362 g/mol. The minimum atomic E-state index is -0.757. The smallest absolute Gasteiger partial charge is 0.337 e. The first-order chi connectivity index (χ1) is 13.3. The van der Waals surface area contributed by atoms with E-state index in [1.807, 2.05) is 0 Å². The van der Waals surface area contributed by atoms with Gasteiger partial charge in [-0.25, -0.2) is 9.59 Å². The number of nitrogens with zero attached hydrogens (tertiary/aromatic N) is 1. The lowest BCUT2D eigenvalue weighted by molar-refractivity contribution is -0.146. The molecule has 1 aromatic carbocycles. The highest BCUT2D eigenvalue weighted by Gasteiger charge is 2.42. The van der Waals surface area contributed by atoms with Crippen LogP contribution < -0.4 is 0 Å². The van der Waals surface area contributed by atoms with Gasteiger partial charge in [0.2, 0.25) is 0 Å².